The van der Waals surface area contributed by atoms with Crippen LogP contribution in [0.4, 0.5) is 0 Å². The predicted molar refractivity (Wildman–Crippen MR) is 20.8 cm³/mol. The van der Waals surface area contributed by atoms with Gasteiger partial charge in [0.2, 0.25) is 0 Å². The first-order valence-electron chi connectivity index (χ1n) is 0.752. The van der Waals surface area contributed by atoms with Gasteiger partial charge >= 0.3 is 10.3 Å². The fourth-order valence-corrected chi connectivity index (χ4v) is 0. The molecule has 0 aromatic heterocycles. The van der Waals surface area contributed by atoms with Gasteiger partial charge in [0.25, 0.3) is 0 Å². The Kier molecular flexibility index (Phi) is 10.3. The second-order valence-corrected chi connectivity index (χ2v) is 1.54. The van der Waals surface area contributed by atoms with Crippen molar-refractivity contribution in [3.05, 3.63) is 0 Å². The molecule has 0 spiro atoms. The van der Waals surface area contributed by atoms with Crippen molar-refractivity contribution in [2.75, 3.05) is 0 Å². The maximum atomic E-state index is 8.97. The molecule has 0 aliphatic heterocycles. The minimum atomic E-state index is -4.17. The molecule has 0 aliphatic rings. The predicted octanol–water partition coefficient (Wildman–Crippen LogP) is -1.09. The molecule has 48 valence electrons. The van der Waals surface area contributed by atoms with E-state index in [-0.39, 0.29) is 25.6 Å². The molecule has 0 atom stereocenters. The molecule has 6 N–H and O–H groups in total. The molecule has 0 rings (SSSR count). The Morgan fingerprint density at radius 1 is 1.43 bits per heavy atom. The van der Waals surface area contributed by atoms with Crippen LogP contribution in [-0.2, 0) is 29.8 Å². The summed E-state index contributed by atoms with van der Waals surface area (Å²) in [6.07, 6.45) is 0. The Bertz CT molecular complexity index is 96.1. The van der Waals surface area contributed by atoms with E-state index in [0.29, 0.717) is 0 Å². The molecule has 0 saturated heterocycles. The van der Waals surface area contributed by atoms with Crippen molar-refractivity contribution >= 4 is 10.3 Å². The first-order chi connectivity index (χ1) is 2.00. The van der Waals surface area contributed by atoms with Crippen LogP contribution in [0.3, 0.4) is 0 Å². The standard InChI is InChI=1S/H3NO3S.H3N.Ru/c1-5(2,3)4;;/h(H3,1,2,3,4);1H3;. The van der Waals surface area contributed by atoms with Crippen molar-refractivity contribution in [2.24, 2.45) is 5.14 Å². The van der Waals surface area contributed by atoms with Gasteiger partial charge in [-0.2, -0.15) is 8.42 Å². The van der Waals surface area contributed by atoms with Crippen LogP contribution in [0.2, 0.25) is 0 Å². The molecule has 7 heteroatoms. The maximum Gasteiger partial charge on any atom is 0.330 e. The average Bonchev–Trinajstić information content (AvgIpc) is 0.722. The second-order valence-electron chi connectivity index (χ2n) is 0.515. The molecule has 0 fully saturated rings. The SMILES string of the molecule is N.NS(=O)(=O)O.[Ru]. The van der Waals surface area contributed by atoms with Crippen LogP contribution in [0.25, 0.3) is 0 Å². The summed E-state index contributed by atoms with van der Waals surface area (Å²) in [6.45, 7) is 0. The van der Waals surface area contributed by atoms with Crippen molar-refractivity contribution < 1.29 is 32.4 Å². The fourth-order valence-electron chi connectivity index (χ4n) is 0. The third kappa shape index (κ3) is 623. The van der Waals surface area contributed by atoms with Gasteiger partial charge in [0.1, 0.15) is 0 Å². The third-order valence-corrected chi connectivity index (χ3v) is 0. The van der Waals surface area contributed by atoms with E-state index in [1.165, 1.54) is 0 Å². The van der Waals surface area contributed by atoms with Crippen LogP contribution in [-0.4, -0.2) is 13.0 Å². The molecule has 0 aliphatic carbocycles. The molecule has 0 amide bonds. The van der Waals surface area contributed by atoms with E-state index < -0.39 is 10.3 Å². The Morgan fingerprint density at radius 3 is 1.43 bits per heavy atom. The van der Waals surface area contributed by atoms with Gasteiger partial charge in [-0.15, -0.1) is 0 Å². The number of hydrogen-bond acceptors (Lipinski definition) is 3. The van der Waals surface area contributed by atoms with E-state index in [1.807, 2.05) is 0 Å². The van der Waals surface area contributed by atoms with Crippen LogP contribution in [0.15, 0.2) is 0 Å². The zero-order chi connectivity index (χ0) is 4.50. The van der Waals surface area contributed by atoms with E-state index >= 15 is 0 Å². The van der Waals surface area contributed by atoms with E-state index in [9.17, 15) is 0 Å². The largest absolute Gasteiger partial charge is 0.344 e. The molecule has 0 bridgehead atoms. The molecule has 7 heavy (non-hydrogen) atoms. The minimum Gasteiger partial charge on any atom is -0.344 e. The Labute approximate surface area is 54.5 Å². The molecule has 0 heterocycles. The number of nitrogens with two attached hydrogens (primary N) is 1. The molecule has 0 aromatic carbocycles. The van der Waals surface area contributed by atoms with E-state index in [4.69, 9.17) is 13.0 Å². The number of rotatable bonds is 0. The summed E-state index contributed by atoms with van der Waals surface area (Å²) in [5.74, 6) is 0. The summed E-state index contributed by atoms with van der Waals surface area (Å²) in [5, 5.41) is 3.88. The molecule has 5 nitrogen and oxygen atoms in total. The fraction of sp³-hybridized carbons (Fsp3) is 0. The van der Waals surface area contributed by atoms with Gasteiger partial charge in [-0.1, -0.05) is 0 Å². The number of hydrogen-bond donors (Lipinski definition) is 3. The second kappa shape index (κ2) is 4.61. The van der Waals surface area contributed by atoms with Crippen LogP contribution in [0, 0.1) is 0 Å². The summed E-state index contributed by atoms with van der Waals surface area (Å²) < 4.78 is 25.2. The van der Waals surface area contributed by atoms with Crippen LogP contribution in [0.5, 0.6) is 0 Å². The van der Waals surface area contributed by atoms with Gasteiger partial charge in [-0.3, -0.25) is 4.55 Å². The summed E-state index contributed by atoms with van der Waals surface area (Å²) in [6, 6.07) is 0. The topological polar surface area (TPSA) is 115 Å². The Balaban J connectivity index is -0.0000000800. The van der Waals surface area contributed by atoms with Crippen LogP contribution >= 0.6 is 0 Å². The van der Waals surface area contributed by atoms with E-state index in [0.717, 1.165) is 0 Å². The van der Waals surface area contributed by atoms with E-state index in [1.54, 1.807) is 0 Å². The quantitative estimate of drug-likeness (QED) is 0.351. The summed E-state index contributed by atoms with van der Waals surface area (Å²) >= 11 is 0. The van der Waals surface area contributed by atoms with Gasteiger partial charge < -0.3 is 6.15 Å². The summed E-state index contributed by atoms with van der Waals surface area (Å²) in [7, 11) is -4.17. The van der Waals surface area contributed by atoms with Gasteiger partial charge in [-0.05, 0) is 0 Å². The average molecular weight is 215 g/mol. The van der Waals surface area contributed by atoms with Crippen molar-refractivity contribution in [2.45, 2.75) is 0 Å². The summed E-state index contributed by atoms with van der Waals surface area (Å²) in [4.78, 5) is 0. The van der Waals surface area contributed by atoms with E-state index in [2.05, 4.69) is 5.14 Å². The molecule has 0 aromatic rings. The van der Waals surface area contributed by atoms with Gasteiger partial charge in [0.05, 0.1) is 0 Å². The summed E-state index contributed by atoms with van der Waals surface area (Å²) in [5.41, 5.74) is 0. The van der Waals surface area contributed by atoms with Crippen molar-refractivity contribution in [3.8, 4) is 0 Å². The van der Waals surface area contributed by atoms with Gasteiger partial charge in [-0.25, -0.2) is 5.14 Å². The molecule has 0 saturated carbocycles. The Hall–Kier alpha value is 0.453. The molecule has 0 unspecified atom stereocenters. The monoisotopic (exact) mass is 216 g/mol. The maximum absolute atomic E-state index is 8.97. The van der Waals surface area contributed by atoms with Crippen molar-refractivity contribution in [1.29, 1.82) is 0 Å². The molecular formula is H6N2O3RuS. The third-order valence-electron chi connectivity index (χ3n) is 0. The van der Waals surface area contributed by atoms with Gasteiger partial charge in [0.15, 0.2) is 0 Å². The van der Waals surface area contributed by atoms with Gasteiger partial charge in [0, 0.05) is 19.5 Å². The molecular weight excluding hydrogens is 209 g/mol. The normalized spacial score (nSPS) is 8.29. The Morgan fingerprint density at radius 2 is 1.43 bits per heavy atom. The first-order valence-corrected chi connectivity index (χ1v) is 2.25. The zero-order valence-electron chi connectivity index (χ0n) is 3.31. The van der Waals surface area contributed by atoms with Crippen LogP contribution < -0.4 is 11.3 Å². The smallest absolute Gasteiger partial charge is 0.330 e. The van der Waals surface area contributed by atoms with Crippen molar-refractivity contribution in [3.63, 3.8) is 0 Å². The first kappa shape index (κ1) is 15.7. The minimum absolute atomic E-state index is 0. The van der Waals surface area contributed by atoms with Crippen LogP contribution in [0.1, 0.15) is 0 Å². The zero-order valence-corrected chi connectivity index (χ0v) is 5.86. The van der Waals surface area contributed by atoms with Crippen molar-refractivity contribution in [1.82, 2.24) is 6.15 Å². The molecule has 0 radical (unpaired) electrons.